The van der Waals surface area contributed by atoms with E-state index in [1.165, 1.54) is 0 Å². The lowest BCUT2D eigenvalue weighted by molar-refractivity contribution is 1.12. The summed E-state index contributed by atoms with van der Waals surface area (Å²) in [5, 5.41) is 19.7. The SMILES string of the molecule is c1cn2cc(-c3ccc4cn[nH]c4c3)nc(Nc3ccc4cn[nH]c4c3)c2n1. The number of aromatic nitrogens is 7. The molecule has 6 rings (SSSR count). The van der Waals surface area contributed by atoms with Gasteiger partial charge in [-0.25, -0.2) is 9.97 Å². The molecule has 0 bridgehead atoms. The van der Waals surface area contributed by atoms with Crippen LogP contribution in [-0.4, -0.2) is 34.8 Å². The fourth-order valence-electron chi connectivity index (χ4n) is 3.40. The Bertz CT molecular complexity index is 1460. The average Bonchev–Trinajstić information content (AvgIpc) is 3.46. The molecule has 0 aliphatic carbocycles. The van der Waals surface area contributed by atoms with Crippen molar-refractivity contribution in [1.82, 2.24) is 34.8 Å². The summed E-state index contributed by atoms with van der Waals surface area (Å²) in [4.78, 5) is 9.29. The first-order valence-corrected chi connectivity index (χ1v) is 8.81. The maximum absolute atomic E-state index is 4.84. The van der Waals surface area contributed by atoms with E-state index in [0.29, 0.717) is 5.82 Å². The first-order valence-electron chi connectivity index (χ1n) is 8.81. The summed E-state index contributed by atoms with van der Waals surface area (Å²) in [6, 6.07) is 12.2. The van der Waals surface area contributed by atoms with Crippen LogP contribution in [0, 0.1) is 0 Å². The Morgan fingerprint density at radius 2 is 1.68 bits per heavy atom. The second-order valence-corrected chi connectivity index (χ2v) is 6.60. The van der Waals surface area contributed by atoms with Gasteiger partial charge < -0.3 is 9.72 Å². The van der Waals surface area contributed by atoms with Crippen molar-refractivity contribution in [3.05, 3.63) is 67.4 Å². The number of nitrogens with zero attached hydrogens (tertiary/aromatic N) is 5. The number of aromatic amines is 2. The van der Waals surface area contributed by atoms with Crippen molar-refractivity contribution in [2.45, 2.75) is 0 Å². The zero-order chi connectivity index (χ0) is 18.5. The fourth-order valence-corrected chi connectivity index (χ4v) is 3.40. The highest BCUT2D eigenvalue weighted by molar-refractivity contribution is 5.85. The molecule has 8 nitrogen and oxygen atoms in total. The van der Waals surface area contributed by atoms with Gasteiger partial charge in [-0.05, 0) is 24.3 Å². The summed E-state index contributed by atoms with van der Waals surface area (Å²) in [6.07, 6.45) is 9.27. The van der Waals surface area contributed by atoms with Crippen LogP contribution in [0.4, 0.5) is 11.5 Å². The molecule has 0 aliphatic heterocycles. The molecule has 134 valence electrons. The number of rotatable bonds is 3. The van der Waals surface area contributed by atoms with Crippen molar-refractivity contribution < 1.29 is 0 Å². The van der Waals surface area contributed by atoms with Gasteiger partial charge in [0.25, 0.3) is 0 Å². The number of hydrogen-bond acceptors (Lipinski definition) is 5. The first-order chi connectivity index (χ1) is 13.8. The molecule has 0 amide bonds. The van der Waals surface area contributed by atoms with Gasteiger partial charge in [-0.2, -0.15) is 10.2 Å². The fraction of sp³-hybridized carbons (Fsp3) is 0. The van der Waals surface area contributed by atoms with Gasteiger partial charge in [0.1, 0.15) is 0 Å². The molecule has 3 N–H and O–H groups in total. The predicted octanol–water partition coefficient (Wildman–Crippen LogP) is 3.89. The Kier molecular flexibility index (Phi) is 3.01. The van der Waals surface area contributed by atoms with E-state index < -0.39 is 0 Å². The zero-order valence-electron chi connectivity index (χ0n) is 14.6. The van der Waals surface area contributed by atoms with Crippen LogP contribution >= 0.6 is 0 Å². The summed E-state index contributed by atoms with van der Waals surface area (Å²) in [6.45, 7) is 0. The topological polar surface area (TPSA) is 99.6 Å². The Hall–Kier alpha value is -4.20. The largest absolute Gasteiger partial charge is 0.337 e. The maximum Gasteiger partial charge on any atom is 0.180 e. The van der Waals surface area contributed by atoms with Gasteiger partial charge in [0.15, 0.2) is 11.5 Å². The third-order valence-corrected chi connectivity index (χ3v) is 4.82. The van der Waals surface area contributed by atoms with Gasteiger partial charge in [0.2, 0.25) is 0 Å². The second-order valence-electron chi connectivity index (χ2n) is 6.60. The predicted molar refractivity (Wildman–Crippen MR) is 107 cm³/mol. The van der Waals surface area contributed by atoms with Crippen LogP contribution < -0.4 is 5.32 Å². The van der Waals surface area contributed by atoms with Crippen molar-refractivity contribution in [1.29, 1.82) is 0 Å². The Labute approximate surface area is 158 Å². The van der Waals surface area contributed by atoms with Crippen LogP contribution in [0.25, 0.3) is 38.7 Å². The summed E-state index contributed by atoms with van der Waals surface area (Å²) < 4.78 is 1.97. The molecule has 4 aromatic heterocycles. The van der Waals surface area contributed by atoms with Crippen molar-refractivity contribution in [3.63, 3.8) is 0 Å². The minimum Gasteiger partial charge on any atom is -0.337 e. The molecule has 28 heavy (non-hydrogen) atoms. The lowest BCUT2D eigenvalue weighted by Crippen LogP contribution is -2.00. The number of imidazole rings is 1. The second kappa shape index (κ2) is 5.65. The van der Waals surface area contributed by atoms with Gasteiger partial charge in [0, 0.05) is 40.6 Å². The highest BCUT2D eigenvalue weighted by Crippen LogP contribution is 2.27. The van der Waals surface area contributed by atoms with Crippen molar-refractivity contribution in [2.24, 2.45) is 0 Å². The highest BCUT2D eigenvalue weighted by atomic mass is 15.1. The van der Waals surface area contributed by atoms with Gasteiger partial charge in [0.05, 0.1) is 29.1 Å². The summed E-state index contributed by atoms with van der Waals surface area (Å²) in [7, 11) is 0. The number of H-pyrrole nitrogens is 2. The van der Waals surface area contributed by atoms with E-state index in [9.17, 15) is 0 Å². The van der Waals surface area contributed by atoms with Crippen LogP contribution in [0.15, 0.2) is 67.4 Å². The Morgan fingerprint density at radius 3 is 2.54 bits per heavy atom. The third-order valence-electron chi connectivity index (χ3n) is 4.82. The molecule has 2 aromatic carbocycles. The molecule has 0 aliphatic rings. The average molecular weight is 366 g/mol. The molecule has 4 heterocycles. The molecule has 6 aromatic rings. The standard InChI is InChI=1S/C20H14N8/c1-2-13-9-22-26-16(13)7-12(1)18-11-28-6-5-21-20(28)19(25-18)24-15-4-3-14-10-23-27-17(14)8-15/h1-11H,(H,22,26)(H,23,27)(H,24,25). The minimum absolute atomic E-state index is 0.686. The van der Waals surface area contributed by atoms with Crippen LogP contribution in [0.1, 0.15) is 0 Å². The lowest BCUT2D eigenvalue weighted by atomic mass is 10.1. The monoisotopic (exact) mass is 366 g/mol. The summed E-state index contributed by atoms with van der Waals surface area (Å²) in [5.41, 5.74) is 5.45. The zero-order valence-corrected chi connectivity index (χ0v) is 14.6. The van der Waals surface area contributed by atoms with E-state index in [-0.39, 0.29) is 0 Å². The number of benzene rings is 2. The van der Waals surface area contributed by atoms with Crippen molar-refractivity contribution in [3.8, 4) is 11.3 Å². The van der Waals surface area contributed by atoms with E-state index in [4.69, 9.17) is 4.98 Å². The Morgan fingerprint density at radius 1 is 0.893 bits per heavy atom. The Balaban J connectivity index is 1.48. The summed E-state index contributed by atoms with van der Waals surface area (Å²) >= 11 is 0. The maximum atomic E-state index is 4.84. The van der Waals surface area contributed by atoms with E-state index in [2.05, 4.69) is 30.7 Å². The normalized spacial score (nSPS) is 11.6. The molecule has 0 atom stereocenters. The van der Waals surface area contributed by atoms with E-state index in [0.717, 1.165) is 44.4 Å². The molecular weight excluding hydrogens is 352 g/mol. The van der Waals surface area contributed by atoms with Crippen LogP contribution in [0.2, 0.25) is 0 Å². The summed E-state index contributed by atoms with van der Waals surface area (Å²) in [5.74, 6) is 0.686. The molecule has 8 heteroatoms. The minimum atomic E-state index is 0.686. The number of anilines is 2. The number of hydrogen-bond donors (Lipinski definition) is 3. The van der Waals surface area contributed by atoms with E-state index in [1.807, 2.05) is 59.4 Å². The van der Waals surface area contributed by atoms with Gasteiger partial charge in [-0.15, -0.1) is 0 Å². The van der Waals surface area contributed by atoms with Gasteiger partial charge >= 0.3 is 0 Å². The molecule has 0 saturated carbocycles. The van der Waals surface area contributed by atoms with E-state index >= 15 is 0 Å². The van der Waals surface area contributed by atoms with Crippen molar-refractivity contribution >= 4 is 39.0 Å². The first kappa shape index (κ1) is 14.9. The van der Waals surface area contributed by atoms with Crippen LogP contribution in [0.5, 0.6) is 0 Å². The lowest BCUT2D eigenvalue weighted by Gasteiger charge is -2.10. The quantitative estimate of drug-likeness (QED) is 0.441. The molecular formula is C20H14N8. The van der Waals surface area contributed by atoms with Crippen LogP contribution in [-0.2, 0) is 0 Å². The number of fused-ring (bicyclic) bond motifs is 3. The van der Waals surface area contributed by atoms with E-state index in [1.54, 1.807) is 12.4 Å². The molecule has 0 saturated heterocycles. The molecule has 0 unspecified atom stereocenters. The number of nitrogens with one attached hydrogen (secondary N) is 3. The van der Waals surface area contributed by atoms with Crippen LogP contribution in [0.3, 0.4) is 0 Å². The molecule has 0 radical (unpaired) electrons. The van der Waals surface area contributed by atoms with Crippen molar-refractivity contribution in [2.75, 3.05) is 5.32 Å². The highest BCUT2D eigenvalue weighted by Gasteiger charge is 2.11. The molecule has 0 fully saturated rings. The molecule has 0 spiro atoms. The van der Waals surface area contributed by atoms with Gasteiger partial charge in [-0.3, -0.25) is 10.2 Å². The third kappa shape index (κ3) is 2.32. The van der Waals surface area contributed by atoms with Gasteiger partial charge in [-0.1, -0.05) is 12.1 Å². The smallest absolute Gasteiger partial charge is 0.180 e.